The summed E-state index contributed by atoms with van der Waals surface area (Å²) < 4.78 is 0. The standard InChI is InChI=1S/C12H15ClN2/c1-10-11(13)6-5-7-12(10)15-9-4-2-3-8-14/h5-7,15H,2-4,9H2,1H3. The summed E-state index contributed by atoms with van der Waals surface area (Å²) in [4.78, 5) is 0. The molecule has 0 amide bonds. The fraction of sp³-hybridized carbons (Fsp3) is 0.417. The highest BCUT2D eigenvalue weighted by molar-refractivity contribution is 6.31. The molecule has 1 aromatic carbocycles. The molecule has 0 saturated carbocycles. The van der Waals surface area contributed by atoms with Crippen LogP contribution in [-0.2, 0) is 0 Å². The van der Waals surface area contributed by atoms with E-state index in [4.69, 9.17) is 16.9 Å². The molecule has 0 fully saturated rings. The van der Waals surface area contributed by atoms with Gasteiger partial charge in [0.15, 0.2) is 0 Å². The lowest BCUT2D eigenvalue weighted by Crippen LogP contribution is -2.02. The Morgan fingerprint density at radius 2 is 2.20 bits per heavy atom. The van der Waals surface area contributed by atoms with E-state index in [-0.39, 0.29) is 0 Å². The van der Waals surface area contributed by atoms with Gasteiger partial charge in [0.25, 0.3) is 0 Å². The van der Waals surface area contributed by atoms with E-state index in [1.165, 1.54) is 0 Å². The quantitative estimate of drug-likeness (QED) is 0.771. The summed E-state index contributed by atoms with van der Waals surface area (Å²) in [6.45, 7) is 2.89. The van der Waals surface area contributed by atoms with Gasteiger partial charge < -0.3 is 5.32 Å². The number of rotatable bonds is 5. The Morgan fingerprint density at radius 1 is 1.40 bits per heavy atom. The SMILES string of the molecule is Cc1c(Cl)cccc1NCCCCC#N. The van der Waals surface area contributed by atoms with E-state index in [2.05, 4.69) is 11.4 Å². The summed E-state index contributed by atoms with van der Waals surface area (Å²) in [5, 5.41) is 12.5. The fourth-order valence-electron chi connectivity index (χ4n) is 1.35. The van der Waals surface area contributed by atoms with E-state index < -0.39 is 0 Å². The maximum Gasteiger partial charge on any atom is 0.0621 e. The third kappa shape index (κ3) is 3.81. The second-order valence-electron chi connectivity index (χ2n) is 3.45. The number of hydrogen-bond acceptors (Lipinski definition) is 2. The summed E-state index contributed by atoms with van der Waals surface area (Å²) in [6, 6.07) is 7.98. The van der Waals surface area contributed by atoms with Gasteiger partial charge in [-0.1, -0.05) is 17.7 Å². The zero-order valence-electron chi connectivity index (χ0n) is 8.89. The molecule has 0 bridgehead atoms. The molecule has 0 aliphatic rings. The second-order valence-corrected chi connectivity index (χ2v) is 3.86. The number of nitrogens with one attached hydrogen (secondary N) is 1. The topological polar surface area (TPSA) is 35.8 Å². The summed E-state index contributed by atoms with van der Waals surface area (Å²) in [5.41, 5.74) is 2.17. The molecule has 0 aliphatic carbocycles. The number of benzene rings is 1. The van der Waals surface area contributed by atoms with Gasteiger partial charge in [0.1, 0.15) is 0 Å². The molecule has 0 unspecified atom stereocenters. The molecule has 0 radical (unpaired) electrons. The number of halogens is 1. The fourth-order valence-corrected chi connectivity index (χ4v) is 1.53. The van der Waals surface area contributed by atoms with Crippen molar-refractivity contribution in [3.63, 3.8) is 0 Å². The van der Waals surface area contributed by atoms with Crippen LogP contribution in [0.3, 0.4) is 0 Å². The van der Waals surface area contributed by atoms with Crippen LogP contribution in [-0.4, -0.2) is 6.54 Å². The van der Waals surface area contributed by atoms with E-state index in [9.17, 15) is 0 Å². The Bertz CT molecular complexity index is 355. The van der Waals surface area contributed by atoms with E-state index in [1.807, 2.05) is 25.1 Å². The van der Waals surface area contributed by atoms with Crippen LogP contribution in [0.5, 0.6) is 0 Å². The number of hydrogen-bond donors (Lipinski definition) is 1. The summed E-state index contributed by atoms with van der Waals surface area (Å²) >= 11 is 5.99. The zero-order valence-corrected chi connectivity index (χ0v) is 9.64. The zero-order chi connectivity index (χ0) is 11.1. The van der Waals surface area contributed by atoms with Crippen molar-refractivity contribution in [3.8, 4) is 6.07 Å². The van der Waals surface area contributed by atoms with Gasteiger partial charge in [-0.3, -0.25) is 0 Å². The second kappa shape index (κ2) is 6.31. The van der Waals surface area contributed by atoms with Crippen LogP contribution in [0.2, 0.25) is 5.02 Å². The van der Waals surface area contributed by atoms with Gasteiger partial charge in [-0.25, -0.2) is 0 Å². The van der Waals surface area contributed by atoms with Gasteiger partial charge in [-0.2, -0.15) is 5.26 Å². The first-order chi connectivity index (χ1) is 7.25. The highest BCUT2D eigenvalue weighted by Crippen LogP contribution is 2.22. The van der Waals surface area contributed by atoms with Crippen molar-refractivity contribution in [1.29, 1.82) is 5.26 Å². The van der Waals surface area contributed by atoms with Gasteiger partial charge in [0, 0.05) is 23.7 Å². The average Bonchev–Trinajstić information content (AvgIpc) is 2.24. The first-order valence-corrected chi connectivity index (χ1v) is 5.49. The van der Waals surface area contributed by atoms with Crippen LogP contribution in [0.1, 0.15) is 24.8 Å². The van der Waals surface area contributed by atoms with Crippen molar-refractivity contribution < 1.29 is 0 Å². The Labute approximate surface area is 95.9 Å². The van der Waals surface area contributed by atoms with Gasteiger partial charge >= 0.3 is 0 Å². The first-order valence-electron chi connectivity index (χ1n) is 5.11. The Morgan fingerprint density at radius 3 is 2.93 bits per heavy atom. The molecule has 0 aromatic heterocycles. The van der Waals surface area contributed by atoms with Crippen LogP contribution >= 0.6 is 11.6 Å². The van der Waals surface area contributed by atoms with Crippen LogP contribution in [0, 0.1) is 18.3 Å². The minimum Gasteiger partial charge on any atom is -0.385 e. The van der Waals surface area contributed by atoms with Gasteiger partial charge in [-0.05, 0) is 37.5 Å². The Balaban J connectivity index is 2.38. The van der Waals surface area contributed by atoms with Crippen LogP contribution in [0.15, 0.2) is 18.2 Å². The lowest BCUT2D eigenvalue weighted by Gasteiger charge is -2.09. The minimum absolute atomic E-state index is 0.635. The normalized spacial score (nSPS) is 9.67. The molecular formula is C12H15ClN2. The largest absolute Gasteiger partial charge is 0.385 e. The highest BCUT2D eigenvalue weighted by atomic mass is 35.5. The molecule has 2 nitrogen and oxygen atoms in total. The van der Waals surface area contributed by atoms with Gasteiger partial charge in [-0.15, -0.1) is 0 Å². The number of unbranched alkanes of at least 4 members (excludes halogenated alkanes) is 2. The third-order valence-electron chi connectivity index (χ3n) is 2.30. The third-order valence-corrected chi connectivity index (χ3v) is 2.71. The lowest BCUT2D eigenvalue weighted by atomic mass is 10.2. The van der Waals surface area contributed by atoms with E-state index in [1.54, 1.807) is 0 Å². The van der Waals surface area contributed by atoms with Crippen molar-refractivity contribution in [2.75, 3.05) is 11.9 Å². The lowest BCUT2D eigenvalue weighted by molar-refractivity contribution is 0.784. The molecule has 0 saturated heterocycles. The van der Waals surface area contributed by atoms with Crippen LogP contribution in [0.4, 0.5) is 5.69 Å². The number of nitrogens with zero attached hydrogens (tertiary/aromatic N) is 1. The molecule has 1 rings (SSSR count). The monoisotopic (exact) mass is 222 g/mol. The molecule has 1 N–H and O–H groups in total. The molecule has 3 heteroatoms. The van der Waals surface area contributed by atoms with E-state index >= 15 is 0 Å². The molecule has 0 heterocycles. The minimum atomic E-state index is 0.635. The van der Waals surface area contributed by atoms with Crippen molar-refractivity contribution in [3.05, 3.63) is 28.8 Å². The summed E-state index contributed by atoms with van der Waals surface area (Å²) in [5.74, 6) is 0. The van der Waals surface area contributed by atoms with Crippen molar-refractivity contribution in [1.82, 2.24) is 0 Å². The average molecular weight is 223 g/mol. The predicted molar refractivity (Wildman–Crippen MR) is 64.1 cm³/mol. The van der Waals surface area contributed by atoms with Gasteiger partial charge in [0.2, 0.25) is 0 Å². The Kier molecular flexibility index (Phi) is 5.00. The van der Waals surface area contributed by atoms with Crippen molar-refractivity contribution in [2.45, 2.75) is 26.2 Å². The smallest absolute Gasteiger partial charge is 0.0621 e. The molecule has 15 heavy (non-hydrogen) atoms. The summed E-state index contributed by atoms with van der Waals surface area (Å²) in [7, 11) is 0. The number of nitriles is 1. The number of anilines is 1. The molecule has 0 aliphatic heterocycles. The molecule has 0 atom stereocenters. The molecule has 1 aromatic rings. The maximum absolute atomic E-state index is 8.38. The summed E-state index contributed by atoms with van der Waals surface area (Å²) in [6.07, 6.45) is 2.60. The van der Waals surface area contributed by atoms with Crippen LogP contribution < -0.4 is 5.32 Å². The highest BCUT2D eigenvalue weighted by Gasteiger charge is 2.00. The van der Waals surface area contributed by atoms with E-state index in [0.717, 1.165) is 35.7 Å². The maximum atomic E-state index is 8.38. The Hall–Kier alpha value is -1.20. The molecule has 80 valence electrons. The molecule has 0 spiro atoms. The van der Waals surface area contributed by atoms with Crippen molar-refractivity contribution >= 4 is 17.3 Å². The van der Waals surface area contributed by atoms with E-state index in [0.29, 0.717) is 6.42 Å². The van der Waals surface area contributed by atoms with Crippen molar-refractivity contribution in [2.24, 2.45) is 0 Å². The first kappa shape index (κ1) is 11.9. The molecular weight excluding hydrogens is 208 g/mol. The van der Waals surface area contributed by atoms with Gasteiger partial charge in [0.05, 0.1) is 6.07 Å². The van der Waals surface area contributed by atoms with Crippen LogP contribution in [0.25, 0.3) is 0 Å². The predicted octanol–water partition coefficient (Wildman–Crippen LogP) is 3.75.